The molecule has 6 nitrogen and oxygen atoms in total. The zero-order chi connectivity index (χ0) is 14.5. The molecular formula is C13H16BrN3O3. The Kier molecular flexibility index (Phi) is 4.97. The summed E-state index contributed by atoms with van der Waals surface area (Å²) in [4.78, 5) is 25.1. The Labute approximate surface area is 125 Å². The second-order valence-electron chi connectivity index (χ2n) is 4.49. The first-order chi connectivity index (χ1) is 9.59. The van der Waals surface area contributed by atoms with Crippen molar-refractivity contribution in [1.82, 2.24) is 10.2 Å². The van der Waals surface area contributed by atoms with Crippen molar-refractivity contribution in [3.05, 3.63) is 28.2 Å². The van der Waals surface area contributed by atoms with Crippen LogP contribution in [0.3, 0.4) is 0 Å². The number of carboxylic acids is 1. The van der Waals surface area contributed by atoms with E-state index in [2.05, 4.69) is 26.6 Å². The van der Waals surface area contributed by atoms with E-state index in [-0.39, 0.29) is 11.6 Å². The van der Waals surface area contributed by atoms with E-state index < -0.39 is 5.97 Å². The molecule has 0 bridgehead atoms. The van der Waals surface area contributed by atoms with Crippen LogP contribution in [0.25, 0.3) is 0 Å². The maximum atomic E-state index is 12.2. The molecule has 0 saturated carbocycles. The predicted octanol–water partition coefficient (Wildman–Crippen LogP) is 1.97. The van der Waals surface area contributed by atoms with Gasteiger partial charge in [0.15, 0.2) is 0 Å². The second-order valence-corrected chi connectivity index (χ2v) is 5.34. The first-order valence-electron chi connectivity index (χ1n) is 6.38. The summed E-state index contributed by atoms with van der Waals surface area (Å²) in [5.41, 5.74) is 0.364. The van der Waals surface area contributed by atoms with Crippen molar-refractivity contribution < 1.29 is 14.7 Å². The number of anilines is 1. The molecule has 0 atom stereocenters. The van der Waals surface area contributed by atoms with E-state index in [1.807, 2.05) is 0 Å². The van der Waals surface area contributed by atoms with Gasteiger partial charge >= 0.3 is 12.0 Å². The largest absolute Gasteiger partial charge is 0.478 e. The summed E-state index contributed by atoms with van der Waals surface area (Å²) in [6, 6.07) is 4.51. The van der Waals surface area contributed by atoms with E-state index in [9.17, 15) is 9.59 Å². The van der Waals surface area contributed by atoms with Crippen molar-refractivity contribution in [2.75, 3.05) is 31.5 Å². The average Bonchev–Trinajstić information content (AvgIpc) is 2.69. The van der Waals surface area contributed by atoms with E-state index >= 15 is 0 Å². The van der Waals surface area contributed by atoms with Gasteiger partial charge in [-0.1, -0.05) is 6.07 Å². The molecular weight excluding hydrogens is 326 g/mol. The number of hydrogen-bond donors (Lipinski definition) is 3. The lowest BCUT2D eigenvalue weighted by Gasteiger charge is -2.21. The van der Waals surface area contributed by atoms with Crippen molar-refractivity contribution in [3.8, 4) is 0 Å². The van der Waals surface area contributed by atoms with Gasteiger partial charge in [-0.05, 0) is 41.0 Å². The number of nitrogens with zero attached hydrogens (tertiary/aromatic N) is 1. The number of aromatic carboxylic acids is 1. The number of nitrogens with one attached hydrogen (secondary N) is 2. The summed E-state index contributed by atoms with van der Waals surface area (Å²) in [6.45, 7) is 2.90. The molecule has 1 aromatic carbocycles. The molecule has 1 aliphatic heterocycles. The van der Waals surface area contributed by atoms with Crippen molar-refractivity contribution >= 4 is 33.6 Å². The summed E-state index contributed by atoms with van der Waals surface area (Å²) >= 11 is 3.27. The lowest BCUT2D eigenvalue weighted by atomic mass is 10.2. The number of benzene rings is 1. The first-order valence-corrected chi connectivity index (χ1v) is 7.17. The van der Waals surface area contributed by atoms with Crippen molar-refractivity contribution in [1.29, 1.82) is 0 Å². The minimum Gasteiger partial charge on any atom is -0.478 e. The number of rotatable bonds is 2. The Morgan fingerprint density at radius 3 is 2.85 bits per heavy atom. The average molecular weight is 342 g/mol. The highest BCUT2D eigenvalue weighted by atomic mass is 79.9. The normalized spacial score (nSPS) is 15.6. The number of amides is 2. The van der Waals surface area contributed by atoms with Crippen molar-refractivity contribution in [3.63, 3.8) is 0 Å². The third-order valence-corrected chi connectivity index (χ3v) is 3.76. The van der Waals surface area contributed by atoms with Gasteiger partial charge in [0, 0.05) is 24.1 Å². The quantitative estimate of drug-likeness (QED) is 0.768. The van der Waals surface area contributed by atoms with Gasteiger partial charge in [-0.2, -0.15) is 0 Å². The van der Waals surface area contributed by atoms with Gasteiger partial charge in [0.05, 0.1) is 11.3 Å². The Balaban J connectivity index is 2.16. The Morgan fingerprint density at radius 1 is 1.30 bits per heavy atom. The lowest BCUT2D eigenvalue weighted by molar-refractivity contribution is 0.0698. The minimum atomic E-state index is -1.07. The van der Waals surface area contributed by atoms with Gasteiger partial charge in [-0.3, -0.25) is 0 Å². The van der Waals surface area contributed by atoms with Crippen LogP contribution in [0.2, 0.25) is 0 Å². The van der Waals surface area contributed by atoms with E-state index in [0.29, 0.717) is 23.2 Å². The van der Waals surface area contributed by atoms with Gasteiger partial charge in [0.25, 0.3) is 0 Å². The fourth-order valence-electron chi connectivity index (χ4n) is 2.06. The van der Waals surface area contributed by atoms with Crippen molar-refractivity contribution in [2.24, 2.45) is 0 Å². The SMILES string of the molecule is O=C(O)c1cccc(Br)c1NC(=O)N1CCCNCC1. The van der Waals surface area contributed by atoms with Gasteiger partial charge < -0.3 is 20.6 Å². The molecule has 1 aromatic rings. The fourth-order valence-corrected chi connectivity index (χ4v) is 2.53. The third-order valence-electron chi connectivity index (χ3n) is 3.10. The molecule has 1 heterocycles. The number of carbonyl (C=O) groups is 2. The van der Waals surface area contributed by atoms with Crippen LogP contribution in [0.1, 0.15) is 16.8 Å². The maximum absolute atomic E-state index is 12.2. The monoisotopic (exact) mass is 341 g/mol. The fraction of sp³-hybridized carbons (Fsp3) is 0.385. The highest BCUT2D eigenvalue weighted by Crippen LogP contribution is 2.26. The van der Waals surface area contributed by atoms with E-state index in [0.717, 1.165) is 19.5 Å². The molecule has 2 rings (SSSR count). The van der Waals surface area contributed by atoms with Gasteiger partial charge in [0.2, 0.25) is 0 Å². The Morgan fingerprint density at radius 2 is 2.10 bits per heavy atom. The number of carbonyl (C=O) groups excluding carboxylic acids is 1. The minimum absolute atomic E-state index is 0.0701. The Bertz CT molecular complexity index is 514. The van der Waals surface area contributed by atoms with Crippen LogP contribution in [0.15, 0.2) is 22.7 Å². The molecule has 3 N–H and O–H groups in total. The highest BCUT2D eigenvalue weighted by Gasteiger charge is 2.19. The van der Waals surface area contributed by atoms with Crippen LogP contribution < -0.4 is 10.6 Å². The van der Waals surface area contributed by atoms with Crippen LogP contribution in [-0.4, -0.2) is 48.2 Å². The van der Waals surface area contributed by atoms with Gasteiger partial charge in [-0.25, -0.2) is 9.59 Å². The Hall–Kier alpha value is -1.60. The molecule has 0 spiro atoms. The number of para-hydroxylation sites is 1. The predicted molar refractivity (Wildman–Crippen MR) is 79.2 cm³/mol. The molecule has 1 saturated heterocycles. The zero-order valence-electron chi connectivity index (χ0n) is 10.9. The third kappa shape index (κ3) is 3.49. The molecule has 0 unspecified atom stereocenters. The lowest BCUT2D eigenvalue weighted by Crippen LogP contribution is -2.37. The highest BCUT2D eigenvalue weighted by molar-refractivity contribution is 9.10. The summed E-state index contributed by atoms with van der Waals surface area (Å²) in [7, 11) is 0. The molecule has 0 aromatic heterocycles. The molecule has 108 valence electrons. The molecule has 0 aliphatic carbocycles. The van der Waals surface area contributed by atoms with Crippen LogP contribution in [0, 0.1) is 0 Å². The number of hydrogen-bond acceptors (Lipinski definition) is 3. The molecule has 20 heavy (non-hydrogen) atoms. The van der Waals surface area contributed by atoms with Crippen LogP contribution in [0.5, 0.6) is 0 Å². The van der Waals surface area contributed by atoms with Crippen LogP contribution >= 0.6 is 15.9 Å². The number of urea groups is 1. The standard InChI is InChI=1S/C13H16BrN3O3/c14-10-4-1-3-9(12(18)19)11(10)16-13(20)17-7-2-5-15-6-8-17/h1,3-4,15H,2,5-8H2,(H,16,20)(H,18,19). The molecule has 0 radical (unpaired) electrons. The van der Waals surface area contributed by atoms with Crippen LogP contribution in [-0.2, 0) is 0 Å². The molecule has 1 aliphatic rings. The summed E-state index contributed by atoms with van der Waals surface area (Å²) < 4.78 is 0.554. The first kappa shape index (κ1) is 14.8. The molecule has 2 amide bonds. The molecule has 1 fully saturated rings. The van der Waals surface area contributed by atoms with Gasteiger partial charge in [0.1, 0.15) is 0 Å². The number of halogens is 1. The van der Waals surface area contributed by atoms with Crippen LogP contribution in [0.4, 0.5) is 10.5 Å². The van der Waals surface area contributed by atoms with Gasteiger partial charge in [-0.15, -0.1) is 0 Å². The van der Waals surface area contributed by atoms with E-state index in [1.165, 1.54) is 6.07 Å². The number of carboxylic acid groups (broad SMARTS) is 1. The summed E-state index contributed by atoms with van der Waals surface area (Å²) in [6.07, 6.45) is 0.884. The summed E-state index contributed by atoms with van der Waals surface area (Å²) in [5.74, 6) is -1.07. The second kappa shape index (κ2) is 6.71. The zero-order valence-corrected chi connectivity index (χ0v) is 12.4. The topological polar surface area (TPSA) is 81.7 Å². The molecule has 7 heteroatoms. The van der Waals surface area contributed by atoms with Crippen molar-refractivity contribution in [2.45, 2.75) is 6.42 Å². The van der Waals surface area contributed by atoms with E-state index in [1.54, 1.807) is 17.0 Å². The smallest absolute Gasteiger partial charge is 0.337 e. The summed E-state index contributed by atoms with van der Waals surface area (Å²) in [5, 5.41) is 15.1. The van der Waals surface area contributed by atoms with E-state index in [4.69, 9.17) is 5.11 Å². The maximum Gasteiger partial charge on any atom is 0.337 e.